The highest BCUT2D eigenvalue weighted by atomic mass is 15.2. The van der Waals surface area contributed by atoms with Gasteiger partial charge < -0.3 is 9.80 Å². The predicted molar refractivity (Wildman–Crippen MR) is 287 cm³/mol. The highest BCUT2D eigenvalue weighted by Crippen LogP contribution is 2.65. The Morgan fingerprint density at radius 2 is 0.725 bits per heavy atom. The molecule has 0 aliphatic heterocycles. The van der Waals surface area contributed by atoms with E-state index in [4.69, 9.17) is 4.11 Å². The van der Waals surface area contributed by atoms with E-state index in [-0.39, 0.29) is 40.7 Å². The van der Waals surface area contributed by atoms with Crippen molar-refractivity contribution in [1.29, 1.82) is 0 Å². The largest absolute Gasteiger partial charge is 0.310 e. The molecule has 328 valence electrons. The summed E-state index contributed by atoms with van der Waals surface area (Å²) in [6.45, 7) is 9.43. The minimum absolute atomic E-state index is 0.0953. The summed E-state index contributed by atoms with van der Waals surface area (Å²) in [7, 11) is 0. The van der Waals surface area contributed by atoms with Crippen molar-refractivity contribution in [1.82, 2.24) is 0 Å². The van der Waals surface area contributed by atoms with Gasteiger partial charge in [0.25, 0.3) is 0 Å². The molecule has 0 aromatic heterocycles. The highest BCUT2D eigenvalue weighted by Gasteiger charge is 2.52. The molecule has 1 spiro atoms. The van der Waals surface area contributed by atoms with Crippen molar-refractivity contribution in [2.45, 2.75) is 43.9 Å². The third kappa shape index (κ3) is 5.37. The lowest BCUT2D eigenvalue weighted by Gasteiger charge is -2.35. The van der Waals surface area contributed by atoms with Crippen molar-refractivity contribution in [3.8, 4) is 44.5 Å². The van der Waals surface area contributed by atoms with Crippen LogP contribution in [0.4, 0.5) is 34.1 Å². The maximum absolute atomic E-state index is 9.27. The average molecular weight is 888 g/mol. The molecule has 0 bridgehead atoms. The Kier molecular flexibility index (Phi) is 7.31. The number of rotatable bonds is 6. The summed E-state index contributed by atoms with van der Waals surface area (Å²) < 4.78 is 44.6. The second-order valence-electron chi connectivity index (χ2n) is 20.1. The molecular formula is C67H50N2. The lowest BCUT2D eigenvalue weighted by molar-refractivity contribution is 0.658. The molecule has 4 aliphatic carbocycles. The van der Waals surface area contributed by atoms with Crippen LogP contribution in [0.2, 0.25) is 0 Å². The molecule has 10 aromatic carbocycles. The fraction of sp³-hybridized carbons (Fsp3) is 0.104. The van der Waals surface area contributed by atoms with Crippen molar-refractivity contribution >= 4 is 34.1 Å². The number of anilines is 6. The fourth-order valence-electron chi connectivity index (χ4n) is 13.0. The van der Waals surface area contributed by atoms with Gasteiger partial charge in [-0.05, 0) is 156 Å². The monoisotopic (exact) mass is 887 g/mol. The second-order valence-corrected chi connectivity index (χ2v) is 20.1. The SMILES string of the molecule is [2H]c1c([2H])c([2H])c(N(c2ccccc2)c2ccc3c(c2)C2(c4ccccc4-c4ccc(N(c5ccc6c(c5)C(C)(C)c5ccccc5-6)c5cccc6c5C(C)(C)c5ccccc5-6)cc42)c2ccccc2-3)c([2H])c1[2H]. The van der Waals surface area contributed by atoms with Crippen molar-refractivity contribution in [2.75, 3.05) is 9.80 Å². The topological polar surface area (TPSA) is 6.48 Å². The molecule has 0 fully saturated rings. The van der Waals surface area contributed by atoms with Crippen molar-refractivity contribution < 1.29 is 6.85 Å². The van der Waals surface area contributed by atoms with Gasteiger partial charge in [0.15, 0.2) is 0 Å². The van der Waals surface area contributed by atoms with Crippen LogP contribution in [0.1, 0.15) is 79.1 Å². The standard InChI is InChI=1S/C67H50N2/c1-65(2)56-29-15-11-24-48(56)52-37-35-46(40-60(52)65)69(63-33-19-28-55-51-27-12-16-30-57(51)66(3,4)64(55)63)47-36-39-54-50-26-14-18-32-59(50)67(62(54)42-47)58-31-17-13-25-49(58)53-38-34-45(41-61(53)67)68(43-20-7-5-8-21-43)44-22-9-6-10-23-44/h5-42H,1-4H3/i5D,7D,8D,20D,21D. The molecule has 0 saturated heterocycles. The number of para-hydroxylation sites is 2. The maximum atomic E-state index is 9.27. The average Bonchev–Trinajstić information content (AvgIpc) is 4.07. The van der Waals surface area contributed by atoms with Crippen molar-refractivity contribution in [3.63, 3.8) is 0 Å². The van der Waals surface area contributed by atoms with Gasteiger partial charge in [0, 0.05) is 39.3 Å². The van der Waals surface area contributed by atoms with Crippen LogP contribution in [0.5, 0.6) is 0 Å². The van der Waals surface area contributed by atoms with Crippen LogP contribution in [-0.2, 0) is 16.2 Å². The van der Waals surface area contributed by atoms with Gasteiger partial charge in [-0.15, -0.1) is 0 Å². The summed E-state index contributed by atoms with van der Waals surface area (Å²) in [5, 5.41) is 0. The van der Waals surface area contributed by atoms with Gasteiger partial charge in [0.05, 0.1) is 18.0 Å². The van der Waals surface area contributed by atoms with Crippen LogP contribution in [0, 0.1) is 0 Å². The molecule has 2 nitrogen and oxygen atoms in total. The zero-order chi connectivity index (χ0) is 50.6. The second kappa shape index (κ2) is 14.4. The smallest absolute Gasteiger partial charge is 0.0727 e. The summed E-state index contributed by atoms with van der Waals surface area (Å²) in [5.41, 5.74) is 22.8. The fourth-order valence-corrected chi connectivity index (χ4v) is 13.0. The van der Waals surface area contributed by atoms with E-state index in [1.165, 1.54) is 55.6 Å². The zero-order valence-corrected chi connectivity index (χ0v) is 38.9. The minimum Gasteiger partial charge on any atom is -0.310 e. The number of benzene rings is 10. The highest BCUT2D eigenvalue weighted by molar-refractivity contribution is 5.99. The van der Waals surface area contributed by atoms with E-state index in [1.54, 1.807) is 0 Å². The molecule has 2 heteroatoms. The molecule has 0 heterocycles. The molecule has 0 saturated carbocycles. The van der Waals surface area contributed by atoms with Crippen molar-refractivity contribution in [3.05, 3.63) is 275 Å². The van der Waals surface area contributed by atoms with E-state index in [1.807, 2.05) is 41.3 Å². The molecule has 14 rings (SSSR count). The minimum atomic E-state index is -0.798. The Morgan fingerprint density at radius 3 is 1.30 bits per heavy atom. The lowest BCUT2D eigenvalue weighted by Crippen LogP contribution is -2.27. The van der Waals surface area contributed by atoms with Gasteiger partial charge in [-0.3, -0.25) is 0 Å². The first kappa shape index (κ1) is 35.0. The van der Waals surface area contributed by atoms with Crippen LogP contribution in [0.25, 0.3) is 44.5 Å². The molecule has 1 unspecified atom stereocenters. The Hall–Kier alpha value is -8.20. The van der Waals surface area contributed by atoms with E-state index in [9.17, 15) is 2.74 Å². The number of nitrogens with zero attached hydrogens (tertiary/aromatic N) is 2. The maximum Gasteiger partial charge on any atom is 0.0727 e. The Balaban J connectivity index is 1.04. The summed E-state index contributed by atoms with van der Waals surface area (Å²) in [6, 6.07) is 70.5. The van der Waals surface area contributed by atoms with Crippen LogP contribution in [-0.4, -0.2) is 0 Å². The molecule has 0 radical (unpaired) electrons. The zero-order valence-electron chi connectivity index (χ0n) is 43.9. The van der Waals surface area contributed by atoms with Gasteiger partial charge in [0.1, 0.15) is 0 Å². The number of hydrogen-bond acceptors (Lipinski definition) is 2. The normalized spacial score (nSPS) is 17.4. The summed E-state index contributed by atoms with van der Waals surface area (Å²) in [4.78, 5) is 4.34. The molecular weight excluding hydrogens is 833 g/mol. The van der Waals surface area contributed by atoms with Gasteiger partial charge in [-0.1, -0.05) is 191 Å². The van der Waals surface area contributed by atoms with Crippen molar-refractivity contribution in [2.24, 2.45) is 0 Å². The van der Waals surface area contributed by atoms with Crippen LogP contribution in [0.3, 0.4) is 0 Å². The Bertz CT molecular complexity index is 4020. The molecule has 69 heavy (non-hydrogen) atoms. The van der Waals surface area contributed by atoms with E-state index >= 15 is 0 Å². The summed E-state index contributed by atoms with van der Waals surface area (Å²) >= 11 is 0. The third-order valence-corrected chi connectivity index (χ3v) is 15.9. The molecule has 10 aromatic rings. The van der Waals surface area contributed by atoms with E-state index in [0.717, 1.165) is 50.4 Å². The molecule has 1 atom stereocenters. The van der Waals surface area contributed by atoms with Gasteiger partial charge >= 0.3 is 0 Å². The third-order valence-electron chi connectivity index (χ3n) is 15.9. The summed E-state index contributed by atoms with van der Waals surface area (Å²) in [5.74, 6) is 0. The van der Waals surface area contributed by atoms with E-state index < -0.39 is 11.5 Å². The van der Waals surface area contributed by atoms with Gasteiger partial charge in [0.2, 0.25) is 0 Å². The molecule has 0 N–H and O–H groups in total. The van der Waals surface area contributed by atoms with Crippen LogP contribution >= 0.6 is 0 Å². The first-order chi connectivity index (χ1) is 35.8. The van der Waals surface area contributed by atoms with Gasteiger partial charge in [-0.25, -0.2) is 0 Å². The van der Waals surface area contributed by atoms with E-state index in [0.29, 0.717) is 11.4 Å². The summed E-state index contributed by atoms with van der Waals surface area (Å²) in [6.07, 6.45) is 0. The Morgan fingerprint density at radius 1 is 0.304 bits per heavy atom. The first-order valence-electron chi connectivity index (χ1n) is 26.5. The van der Waals surface area contributed by atoms with Gasteiger partial charge in [-0.2, -0.15) is 0 Å². The number of fused-ring (bicyclic) bond motifs is 16. The van der Waals surface area contributed by atoms with E-state index in [2.05, 4.69) is 196 Å². The Labute approximate surface area is 412 Å². The molecule has 4 aliphatic rings. The predicted octanol–water partition coefficient (Wildman–Crippen LogP) is 17.6. The molecule has 0 amide bonds. The van der Waals surface area contributed by atoms with Crippen LogP contribution < -0.4 is 9.80 Å². The first-order valence-corrected chi connectivity index (χ1v) is 24.0. The quantitative estimate of drug-likeness (QED) is 0.164. The lowest BCUT2D eigenvalue weighted by atomic mass is 9.70. The number of hydrogen-bond donors (Lipinski definition) is 0. The van der Waals surface area contributed by atoms with Crippen LogP contribution in [0.15, 0.2) is 230 Å².